The lowest BCUT2D eigenvalue weighted by molar-refractivity contribution is -0.137. The zero-order valence-corrected chi connectivity index (χ0v) is 14.4. The molecule has 0 N–H and O–H groups in total. The first-order valence-corrected chi connectivity index (χ1v) is 8.70. The second-order valence-corrected chi connectivity index (χ2v) is 7.04. The first kappa shape index (κ1) is 15.5. The number of rotatable bonds is 2. The molecule has 1 fully saturated rings. The number of fused-ring (bicyclic) bond motifs is 1. The van der Waals surface area contributed by atoms with Crippen molar-refractivity contribution in [2.75, 3.05) is 13.2 Å². The second-order valence-electron chi connectivity index (χ2n) is 6.60. The molecule has 6 heteroatoms. The van der Waals surface area contributed by atoms with Crippen LogP contribution in [0.5, 0.6) is 5.75 Å². The molecule has 2 atom stereocenters. The number of hydrogen-bond donors (Lipinski definition) is 0. The first-order chi connectivity index (χ1) is 11.6. The van der Waals surface area contributed by atoms with Gasteiger partial charge in [0, 0.05) is 30.4 Å². The van der Waals surface area contributed by atoms with Gasteiger partial charge in [0.2, 0.25) is 5.91 Å². The van der Waals surface area contributed by atoms with Crippen LogP contribution in [0, 0.1) is 5.92 Å². The fourth-order valence-corrected chi connectivity index (χ4v) is 3.94. The molecule has 1 aromatic carbocycles. The number of carbonyl (C=O) groups excluding carboxylic acids is 1. The highest BCUT2D eigenvalue weighted by molar-refractivity contribution is 6.30. The molecule has 0 saturated carbocycles. The Hall–Kier alpha value is -2.01. The third-order valence-electron chi connectivity index (χ3n) is 4.92. The number of hydrogen-bond acceptors (Lipinski definition) is 3. The summed E-state index contributed by atoms with van der Waals surface area (Å²) >= 11 is 6.08. The van der Waals surface area contributed by atoms with Gasteiger partial charge in [0.1, 0.15) is 12.4 Å². The van der Waals surface area contributed by atoms with E-state index in [1.54, 1.807) is 4.68 Å². The molecule has 2 aliphatic rings. The zero-order chi connectivity index (χ0) is 16.7. The van der Waals surface area contributed by atoms with E-state index in [1.165, 1.54) is 0 Å². The van der Waals surface area contributed by atoms with Crippen molar-refractivity contribution in [1.82, 2.24) is 14.7 Å². The molecule has 0 radical (unpaired) electrons. The third-order valence-corrected chi connectivity index (χ3v) is 5.16. The van der Waals surface area contributed by atoms with Crippen LogP contribution in [0.15, 0.2) is 30.6 Å². The van der Waals surface area contributed by atoms with Gasteiger partial charge >= 0.3 is 0 Å². The molecule has 3 heterocycles. The number of ether oxygens (including phenoxy) is 1. The lowest BCUT2D eigenvalue weighted by Gasteiger charge is -2.31. The quantitative estimate of drug-likeness (QED) is 0.840. The van der Waals surface area contributed by atoms with Crippen LogP contribution >= 0.6 is 11.6 Å². The van der Waals surface area contributed by atoms with Crippen LogP contribution in [0.1, 0.15) is 30.0 Å². The van der Waals surface area contributed by atoms with Crippen molar-refractivity contribution < 1.29 is 9.53 Å². The first-order valence-electron chi connectivity index (χ1n) is 8.32. The fourth-order valence-electron chi connectivity index (χ4n) is 3.75. The standard InChI is InChI=1S/C18H20ClN3O2/c1-21-10-14(9-20-21)16-3-2-6-22(16)18(23)13-7-12-8-15(19)4-5-17(12)24-11-13/h4-5,8-10,13,16H,2-3,6-7,11H2,1H3/t13-,16-/m1/s1. The maximum absolute atomic E-state index is 13.1. The molecular weight excluding hydrogens is 326 g/mol. The van der Waals surface area contributed by atoms with Crippen molar-refractivity contribution >= 4 is 17.5 Å². The van der Waals surface area contributed by atoms with Crippen molar-refractivity contribution in [1.29, 1.82) is 0 Å². The van der Waals surface area contributed by atoms with Gasteiger partial charge in [-0.1, -0.05) is 11.6 Å². The number of aromatic nitrogens is 2. The predicted octanol–water partition coefficient (Wildman–Crippen LogP) is 2.99. The Bertz CT molecular complexity index is 773. The van der Waals surface area contributed by atoms with E-state index in [9.17, 15) is 4.79 Å². The highest BCUT2D eigenvalue weighted by Crippen LogP contribution is 2.35. The summed E-state index contributed by atoms with van der Waals surface area (Å²) in [6.45, 7) is 1.24. The summed E-state index contributed by atoms with van der Waals surface area (Å²) in [5, 5.41) is 4.93. The van der Waals surface area contributed by atoms with Gasteiger partial charge in [0.25, 0.3) is 0 Å². The summed E-state index contributed by atoms with van der Waals surface area (Å²) in [6, 6.07) is 5.74. The maximum Gasteiger partial charge on any atom is 0.229 e. The highest BCUT2D eigenvalue weighted by atomic mass is 35.5. The van der Waals surface area contributed by atoms with Crippen LogP contribution in [-0.2, 0) is 18.3 Å². The molecule has 1 saturated heterocycles. The smallest absolute Gasteiger partial charge is 0.229 e. The summed E-state index contributed by atoms with van der Waals surface area (Å²) in [5.41, 5.74) is 2.13. The van der Waals surface area contributed by atoms with E-state index in [0.717, 1.165) is 36.3 Å². The lowest BCUT2D eigenvalue weighted by Crippen LogP contribution is -2.40. The van der Waals surface area contributed by atoms with Crippen LogP contribution in [0.3, 0.4) is 0 Å². The molecule has 1 aromatic heterocycles. The summed E-state index contributed by atoms with van der Waals surface area (Å²) in [6.07, 6.45) is 6.57. The van der Waals surface area contributed by atoms with Gasteiger partial charge in [-0.15, -0.1) is 0 Å². The Morgan fingerprint density at radius 2 is 2.29 bits per heavy atom. The average Bonchev–Trinajstić information content (AvgIpc) is 3.22. The van der Waals surface area contributed by atoms with Gasteiger partial charge in [0.15, 0.2) is 0 Å². The molecule has 2 aliphatic heterocycles. The Balaban J connectivity index is 1.53. The molecule has 126 valence electrons. The average molecular weight is 346 g/mol. The van der Waals surface area contributed by atoms with Crippen molar-refractivity contribution in [2.45, 2.75) is 25.3 Å². The van der Waals surface area contributed by atoms with Gasteiger partial charge < -0.3 is 9.64 Å². The molecule has 0 bridgehead atoms. The third kappa shape index (κ3) is 2.77. The van der Waals surface area contributed by atoms with E-state index in [-0.39, 0.29) is 17.9 Å². The highest BCUT2D eigenvalue weighted by Gasteiger charge is 2.36. The number of amides is 1. The van der Waals surface area contributed by atoms with E-state index in [2.05, 4.69) is 5.10 Å². The molecule has 5 nitrogen and oxygen atoms in total. The van der Waals surface area contributed by atoms with Crippen molar-refractivity contribution in [3.63, 3.8) is 0 Å². The number of carbonyl (C=O) groups is 1. The van der Waals surface area contributed by atoms with Crippen LogP contribution in [0.2, 0.25) is 5.02 Å². The van der Waals surface area contributed by atoms with Crippen LogP contribution in [0.4, 0.5) is 0 Å². The minimum Gasteiger partial charge on any atom is -0.492 e. The summed E-state index contributed by atoms with van der Waals surface area (Å²) < 4.78 is 7.58. The van der Waals surface area contributed by atoms with Gasteiger partial charge in [-0.2, -0.15) is 5.10 Å². The molecule has 0 aliphatic carbocycles. The molecule has 0 unspecified atom stereocenters. The van der Waals surface area contributed by atoms with Crippen LogP contribution in [-0.4, -0.2) is 33.7 Å². The van der Waals surface area contributed by atoms with Crippen molar-refractivity contribution in [2.24, 2.45) is 13.0 Å². The van der Waals surface area contributed by atoms with Gasteiger partial charge in [-0.3, -0.25) is 9.48 Å². The van der Waals surface area contributed by atoms with E-state index < -0.39 is 0 Å². The zero-order valence-electron chi connectivity index (χ0n) is 13.6. The van der Waals surface area contributed by atoms with Crippen LogP contribution in [0.25, 0.3) is 0 Å². The largest absolute Gasteiger partial charge is 0.492 e. The lowest BCUT2D eigenvalue weighted by atomic mass is 9.95. The van der Waals surface area contributed by atoms with Gasteiger partial charge in [0.05, 0.1) is 18.2 Å². The number of benzene rings is 1. The Morgan fingerprint density at radius 3 is 3.08 bits per heavy atom. The number of halogens is 1. The fraction of sp³-hybridized carbons (Fsp3) is 0.444. The molecule has 0 spiro atoms. The van der Waals surface area contributed by atoms with E-state index >= 15 is 0 Å². The molecule has 24 heavy (non-hydrogen) atoms. The number of nitrogens with zero attached hydrogens (tertiary/aromatic N) is 3. The normalized spacial score (nSPS) is 23.0. The van der Waals surface area contributed by atoms with E-state index in [4.69, 9.17) is 16.3 Å². The van der Waals surface area contributed by atoms with E-state index in [0.29, 0.717) is 18.1 Å². The monoisotopic (exact) mass is 345 g/mol. The van der Waals surface area contributed by atoms with Gasteiger partial charge in [-0.05, 0) is 43.0 Å². The van der Waals surface area contributed by atoms with Gasteiger partial charge in [-0.25, -0.2) is 0 Å². The Labute approximate surface area is 146 Å². The molecule has 2 aromatic rings. The summed E-state index contributed by atoms with van der Waals surface area (Å²) in [5.74, 6) is 0.869. The summed E-state index contributed by atoms with van der Waals surface area (Å²) in [4.78, 5) is 15.1. The van der Waals surface area contributed by atoms with Crippen LogP contribution < -0.4 is 4.74 Å². The van der Waals surface area contributed by atoms with Crippen molar-refractivity contribution in [3.05, 3.63) is 46.7 Å². The molecule has 1 amide bonds. The SMILES string of the molecule is Cn1cc([C@H]2CCCN2C(=O)[C@H]2COc3ccc(Cl)cc3C2)cn1. The van der Waals surface area contributed by atoms with E-state index in [1.807, 2.05) is 42.5 Å². The minimum absolute atomic E-state index is 0.131. The second kappa shape index (κ2) is 6.13. The Morgan fingerprint density at radius 1 is 1.42 bits per heavy atom. The van der Waals surface area contributed by atoms with Crippen molar-refractivity contribution in [3.8, 4) is 5.75 Å². The minimum atomic E-state index is -0.145. The molecule has 4 rings (SSSR count). The number of likely N-dealkylation sites (tertiary alicyclic amines) is 1. The maximum atomic E-state index is 13.1. The predicted molar refractivity (Wildman–Crippen MR) is 91.0 cm³/mol. The molecular formula is C18H20ClN3O2. The summed E-state index contributed by atoms with van der Waals surface area (Å²) in [7, 11) is 1.90. The number of aryl methyl sites for hydroxylation is 1. The topological polar surface area (TPSA) is 47.4 Å². The Kier molecular flexibility index (Phi) is 3.96.